The Kier molecular flexibility index (Phi) is 6.39. The molecule has 0 atom stereocenters. The number of ether oxygens (including phenoxy) is 3. The van der Waals surface area contributed by atoms with Gasteiger partial charge in [-0.2, -0.15) is 0 Å². The van der Waals surface area contributed by atoms with Gasteiger partial charge in [-0.25, -0.2) is 0 Å². The Balaban J connectivity index is 3.20. The minimum atomic E-state index is -1.24. The molecule has 0 amide bonds. The van der Waals surface area contributed by atoms with Crippen molar-refractivity contribution in [2.45, 2.75) is 26.7 Å². The third-order valence-electron chi connectivity index (χ3n) is 2.22. The summed E-state index contributed by atoms with van der Waals surface area (Å²) in [7, 11) is 0. The third kappa shape index (κ3) is 3.84. The summed E-state index contributed by atoms with van der Waals surface area (Å²) >= 11 is 12.0. The second kappa shape index (κ2) is 7.31. The van der Waals surface area contributed by atoms with E-state index < -0.39 is 5.97 Å². The average molecular weight is 293 g/mol. The van der Waals surface area contributed by atoms with Crippen LogP contribution >= 0.6 is 23.2 Å². The highest BCUT2D eigenvalue weighted by Gasteiger charge is 2.35. The van der Waals surface area contributed by atoms with E-state index in [0.717, 1.165) is 0 Å². The Hall–Kier alpha value is -0.320. The lowest BCUT2D eigenvalue weighted by Gasteiger charge is -2.32. The zero-order valence-corrected chi connectivity index (χ0v) is 12.3. The van der Waals surface area contributed by atoms with E-state index in [4.69, 9.17) is 37.4 Å². The largest absolute Gasteiger partial charge is 0.324 e. The van der Waals surface area contributed by atoms with Crippen LogP contribution in [0.25, 0.3) is 0 Å². The van der Waals surface area contributed by atoms with Gasteiger partial charge in [-0.1, -0.05) is 23.2 Å². The number of benzene rings is 1. The predicted octanol–water partition coefficient (Wildman–Crippen LogP) is 4.21. The smallest absolute Gasteiger partial charge is 0.312 e. The van der Waals surface area contributed by atoms with Crippen LogP contribution in [0.3, 0.4) is 0 Å². The highest BCUT2D eigenvalue weighted by atomic mass is 35.5. The second-order valence-electron chi connectivity index (χ2n) is 3.51. The molecular formula is C13H18Cl2O3. The fraction of sp³-hybridized carbons (Fsp3) is 0.538. The summed E-state index contributed by atoms with van der Waals surface area (Å²) in [6.45, 7) is 6.97. The molecule has 0 bridgehead atoms. The molecule has 0 aliphatic rings. The van der Waals surface area contributed by atoms with E-state index in [2.05, 4.69) is 0 Å². The molecule has 0 spiro atoms. The zero-order valence-electron chi connectivity index (χ0n) is 10.8. The van der Waals surface area contributed by atoms with Gasteiger partial charge < -0.3 is 14.2 Å². The van der Waals surface area contributed by atoms with Crippen molar-refractivity contribution in [1.29, 1.82) is 0 Å². The first-order chi connectivity index (χ1) is 8.57. The van der Waals surface area contributed by atoms with Gasteiger partial charge in [-0.05, 0) is 39.0 Å². The lowest BCUT2D eigenvalue weighted by atomic mass is 10.2. The SMILES string of the molecule is CCOC(OCC)(OCC)c1cc(Cl)cc(Cl)c1. The second-order valence-corrected chi connectivity index (χ2v) is 4.39. The molecule has 0 fully saturated rings. The molecule has 0 heterocycles. The lowest BCUT2D eigenvalue weighted by molar-refractivity contribution is -0.389. The van der Waals surface area contributed by atoms with Crippen molar-refractivity contribution in [2.75, 3.05) is 19.8 Å². The molecule has 0 saturated carbocycles. The molecule has 0 aliphatic heterocycles. The lowest BCUT2D eigenvalue weighted by Crippen LogP contribution is -2.36. The number of hydrogen-bond donors (Lipinski definition) is 0. The molecule has 0 N–H and O–H groups in total. The van der Waals surface area contributed by atoms with Gasteiger partial charge in [0, 0.05) is 35.4 Å². The van der Waals surface area contributed by atoms with Crippen LogP contribution in [0.1, 0.15) is 26.3 Å². The van der Waals surface area contributed by atoms with Crippen molar-refractivity contribution in [2.24, 2.45) is 0 Å². The summed E-state index contributed by atoms with van der Waals surface area (Å²) in [4.78, 5) is 0. The Labute approximate surface area is 118 Å². The Morgan fingerprint density at radius 1 is 0.833 bits per heavy atom. The van der Waals surface area contributed by atoms with Crippen molar-refractivity contribution in [3.63, 3.8) is 0 Å². The van der Waals surface area contributed by atoms with Gasteiger partial charge in [0.2, 0.25) is 0 Å². The maximum Gasteiger partial charge on any atom is 0.312 e. The highest BCUT2D eigenvalue weighted by molar-refractivity contribution is 6.34. The summed E-state index contributed by atoms with van der Waals surface area (Å²) in [5.41, 5.74) is 0.658. The van der Waals surface area contributed by atoms with Crippen LogP contribution in [0.2, 0.25) is 10.0 Å². The molecule has 5 heteroatoms. The minimum absolute atomic E-state index is 0.449. The first kappa shape index (κ1) is 15.7. The topological polar surface area (TPSA) is 27.7 Å². The quantitative estimate of drug-likeness (QED) is 0.705. The normalized spacial score (nSPS) is 11.8. The molecule has 1 aromatic carbocycles. The summed E-state index contributed by atoms with van der Waals surface area (Å²) in [6.07, 6.45) is 0. The average Bonchev–Trinajstić information content (AvgIpc) is 2.28. The van der Waals surface area contributed by atoms with Gasteiger partial charge in [0.15, 0.2) is 0 Å². The van der Waals surface area contributed by atoms with E-state index in [9.17, 15) is 0 Å². The van der Waals surface area contributed by atoms with E-state index in [1.54, 1.807) is 18.2 Å². The van der Waals surface area contributed by atoms with Crippen LogP contribution in [0, 0.1) is 0 Å². The molecule has 18 heavy (non-hydrogen) atoms. The van der Waals surface area contributed by atoms with Crippen molar-refractivity contribution in [3.8, 4) is 0 Å². The van der Waals surface area contributed by atoms with Crippen molar-refractivity contribution in [3.05, 3.63) is 33.8 Å². The fourth-order valence-electron chi connectivity index (χ4n) is 1.68. The Morgan fingerprint density at radius 2 is 1.22 bits per heavy atom. The summed E-state index contributed by atoms with van der Waals surface area (Å²) < 4.78 is 16.9. The molecular weight excluding hydrogens is 275 g/mol. The van der Waals surface area contributed by atoms with Gasteiger partial charge in [-0.3, -0.25) is 0 Å². The molecule has 0 aromatic heterocycles. The minimum Gasteiger partial charge on any atom is -0.324 e. The van der Waals surface area contributed by atoms with Crippen LogP contribution in [-0.2, 0) is 20.2 Å². The number of rotatable bonds is 7. The Bertz CT molecular complexity index is 345. The molecule has 0 aliphatic carbocycles. The zero-order chi connectivity index (χ0) is 13.6. The summed E-state index contributed by atoms with van der Waals surface area (Å²) in [5.74, 6) is -1.24. The fourth-order valence-corrected chi connectivity index (χ4v) is 2.20. The van der Waals surface area contributed by atoms with E-state index in [0.29, 0.717) is 35.4 Å². The van der Waals surface area contributed by atoms with Gasteiger partial charge in [0.05, 0.1) is 0 Å². The van der Waals surface area contributed by atoms with Crippen LogP contribution in [0.4, 0.5) is 0 Å². The van der Waals surface area contributed by atoms with Crippen molar-refractivity contribution in [1.82, 2.24) is 0 Å². The number of hydrogen-bond acceptors (Lipinski definition) is 3. The van der Waals surface area contributed by atoms with Gasteiger partial charge in [0.25, 0.3) is 0 Å². The maximum atomic E-state index is 6.01. The van der Waals surface area contributed by atoms with Crippen LogP contribution < -0.4 is 0 Å². The van der Waals surface area contributed by atoms with Crippen LogP contribution in [0.15, 0.2) is 18.2 Å². The predicted molar refractivity (Wildman–Crippen MR) is 73.0 cm³/mol. The maximum absolute atomic E-state index is 6.01. The van der Waals surface area contributed by atoms with Crippen LogP contribution in [-0.4, -0.2) is 19.8 Å². The van der Waals surface area contributed by atoms with Crippen LogP contribution in [0.5, 0.6) is 0 Å². The molecule has 0 radical (unpaired) electrons. The van der Waals surface area contributed by atoms with Crippen molar-refractivity contribution < 1.29 is 14.2 Å². The highest BCUT2D eigenvalue weighted by Crippen LogP contribution is 2.33. The first-order valence-corrected chi connectivity index (χ1v) is 6.72. The van der Waals surface area contributed by atoms with E-state index in [1.807, 2.05) is 20.8 Å². The molecule has 0 unspecified atom stereocenters. The Morgan fingerprint density at radius 3 is 1.56 bits per heavy atom. The summed E-state index contributed by atoms with van der Waals surface area (Å²) in [6, 6.07) is 5.12. The van der Waals surface area contributed by atoms with Gasteiger partial charge in [-0.15, -0.1) is 0 Å². The molecule has 3 nitrogen and oxygen atoms in total. The molecule has 0 saturated heterocycles. The molecule has 1 rings (SSSR count). The van der Waals surface area contributed by atoms with E-state index >= 15 is 0 Å². The number of halogens is 2. The molecule has 102 valence electrons. The monoisotopic (exact) mass is 292 g/mol. The first-order valence-electron chi connectivity index (χ1n) is 5.96. The van der Waals surface area contributed by atoms with Gasteiger partial charge >= 0.3 is 5.97 Å². The standard InChI is InChI=1S/C13H18Cl2O3/c1-4-16-13(17-5-2,18-6-3)10-7-11(14)9-12(15)8-10/h7-9H,4-6H2,1-3H3. The van der Waals surface area contributed by atoms with Crippen molar-refractivity contribution >= 4 is 23.2 Å². The van der Waals surface area contributed by atoms with Gasteiger partial charge in [0.1, 0.15) is 0 Å². The van der Waals surface area contributed by atoms with E-state index in [1.165, 1.54) is 0 Å². The van der Waals surface area contributed by atoms with E-state index in [-0.39, 0.29) is 0 Å². The molecule has 1 aromatic rings. The third-order valence-corrected chi connectivity index (χ3v) is 2.66. The summed E-state index contributed by atoms with van der Waals surface area (Å²) in [5, 5.41) is 1.03.